The Morgan fingerprint density at radius 1 is 0.818 bits per heavy atom. The van der Waals surface area contributed by atoms with Gasteiger partial charge in [-0.15, -0.1) is 9.24 Å². The Labute approximate surface area is 135 Å². The van der Waals surface area contributed by atoms with Gasteiger partial charge in [0.15, 0.2) is 11.6 Å². The minimum absolute atomic E-state index is 0.426. The van der Waals surface area contributed by atoms with Crippen LogP contribution < -0.4 is 0 Å². The molecule has 2 aliphatic rings. The monoisotopic (exact) mass is 324 g/mol. The Balaban J connectivity index is 1.53. The van der Waals surface area contributed by atoms with Crippen molar-refractivity contribution in [2.45, 2.75) is 57.3 Å². The molecule has 0 heterocycles. The van der Waals surface area contributed by atoms with Crippen molar-refractivity contribution in [1.82, 2.24) is 0 Å². The quantitative estimate of drug-likeness (QED) is 0.605. The Morgan fingerprint density at radius 2 is 1.41 bits per heavy atom. The van der Waals surface area contributed by atoms with E-state index in [1.54, 1.807) is 6.07 Å². The highest BCUT2D eigenvalue weighted by atomic mass is 31.0. The van der Waals surface area contributed by atoms with E-state index in [-0.39, 0.29) is 0 Å². The van der Waals surface area contributed by atoms with Crippen molar-refractivity contribution in [1.29, 1.82) is 0 Å². The van der Waals surface area contributed by atoms with Crippen LogP contribution in [0.1, 0.15) is 62.8 Å². The zero-order valence-corrected chi connectivity index (χ0v) is 14.4. The van der Waals surface area contributed by atoms with Gasteiger partial charge in [-0.2, -0.15) is 0 Å². The van der Waals surface area contributed by atoms with E-state index in [9.17, 15) is 8.78 Å². The molecule has 3 rings (SSSR count). The van der Waals surface area contributed by atoms with E-state index in [2.05, 4.69) is 9.24 Å². The van der Waals surface area contributed by atoms with E-state index < -0.39 is 11.6 Å². The normalized spacial score (nSPS) is 32.9. The first-order valence-corrected chi connectivity index (χ1v) is 9.64. The second-order valence-corrected chi connectivity index (χ2v) is 7.77. The molecule has 0 spiro atoms. The molecule has 1 atom stereocenters. The first-order valence-electron chi connectivity index (χ1n) is 8.82. The zero-order valence-electron chi connectivity index (χ0n) is 13.2. The van der Waals surface area contributed by atoms with Crippen molar-refractivity contribution in [2.75, 3.05) is 6.16 Å². The highest BCUT2D eigenvalue weighted by molar-refractivity contribution is 7.16. The summed E-state index contributed by atoms with van der Waals surface area (Å²) in [6.07, 6.45) is 11.7. The third-order valence-corrected chi connectivity index (χ3v) is 6.74. The van der Waals surface area contributed by atoms with Gasteiger partial charge < -0.3 is 0 Å². The maximum absolute atomic E-state index is 13.4. The lowest BCUT2D eigenvalue weighted by atomic mass is 9.68. The van der Waals surface area contributed by atoms with Gasteiger partial charge in [0.05, 0.1) is 0 Å². The van der Waals surface area contributed by atoms with Gasteiger partial charge in [-0.1, -0.05) is 6.07 Å². The van der Waals surface area contributed by atoms with Crippen LogP contribution in [0.25, 0.3) is 0 Å². The minimum Gasteiger partial charge on any atom is -0.204 e. The summed E-state index contributed by atoms with van der Waals surface area (Å²) in [5.41, 5.74) is 0.990. The fourth-order valence-electron chi connectivity index (χ4n) is 4.59. The van der Waals surface area contributed by atoms with Crippen LogP contribution in [0.4, 0.5) is 8.78 Å². The fraction of sp³-hybridized carbons (Fsp3) is 0.684. The van der Waals surface area contributed by atoms with Gasteiger partial charge in [0, 0.05) is 0 Å². The van der Waals surface area contributed by atoms with E-state index >= 15 is 0 Å². The largest absolute Gasteiger partial charge is 0.204 e. The van der Waals surface area contributed by atoms with Crippen molar-refractivity contribution in [3.8, 4) is 0 Å². The van der Waals surface area contributed by atoms with Crippen molar-refractivity contribution < 1.29 is 8.78 Å². The summed E-state index contributed by atoms with van der Waals surface area (Å²) in [4.78, 5) is 0. The molecule has 0 aromatic heterocycles. The Kier molecular flexibility index (Phi) is 5.50. The number of benzene rings is 1. The zero-order chi connectivity index (χ0) is 15.5. The van der Waals surface area contributed by atoms with Crippen LogP contribution in [0.3, 0.4) is 0 Å². The van der Waals surface area contributed by atoms with Crippen LogP contribution in [0.5, 0.6) is 0 Å². The third-order valence-electron chi connectivity index (χ3n) is 6.08. The van der Waals surface area contributed by atoms with Gasteiger partial charge in [-0.05, 0) is 98.9 Å². The first kappa shape index (κ1) is 16.4. The van der Waals surface area contributed by atoms with Crippen molar-refractivity contribution in [3.63, 3.8) is 0 Å². The van der Waals surface area contributed by atoms with Crippen molar-refractivity contribution in [3.05, 3.63) is 35.4 Å². The van der Waals surface area contributed by atoms with Crippen molar-refractivity contribution >= 4 is 9.24 Å². The molecule has 2 saturated carbocycles. The summed E-state index contributed by atoms with van der Waals surface area (Å²) < 4.78 is 26.5. The van der Waals surface area contributed by atoms with Gasteiger partial charge in [0.1, 0.15) is 0 Å². The van der Waals surface area contributed by atoms with Gasteiger partial charge in [0.2, 0.25) is 0 Å². The van der Waals surface area contributed by atoms with E-state index in [1.807, 2.05) is 0 Å². The number of rotatable bonds is 3. The predicted octanol–water partition coefficient (Wildman–Crippen LogP) is 5.92. The molecule has 0 saturated heterocycles. The Hall–Kier alpha value is -0.490. The molecule has 1 unspecified atom stereocenters. The van der Waals surface area contributed by atoms with E-state index in [4.69, 9.17) is 0 Å². The van der Waals surface area contributed by atoms with E-state index in [0.29, 0.717) is 5.92 Å². The molecule has 2 fully saturated rings. The highest BCUT2D eigenvalue weighted by Gasteiger charge is 2.31. The molecule has 0 N–H and O–H groups in total. The van der Waals surface area contributed by atoms with Crippen molar-refractivity contribution in [2.24, 2.45) is 17.8 Å². The van der Waals surface area contributed by atoms with Gasteiger partial charge >= 0.3 is 0 Å². The van der Waals surface area contributed by atoms with Gasteiger partial charge in [-0.25, -0.2) is 8.78 Å². The van der Waals surface area contributed by atoms with Crippen LogP contribution in [-0.4, -0.2) is 6.16 Å². The topological polar surface area (TPSA) is 0 Å². The van der Waals surface area contributed by atoms with E-state index in [0.717, 1.165) is 36.2 Å². The molecule has 0 radical (unpaired) electrons. The second kappa shape index (κ2) is 7.39. The molecule has 3 heteroatoms. The average Bonchev–Trinajstić information content (AvgIpc) is 2.58. The maximum Gasteiger partial charge on any atom is 0.159 e. The fourth-order valence-corrected chi connectivity index (χ4v) is 5.06. The van der Waals surface area contributed by atoms with Crippen LogP contribution in [0.2, 0.25) is 0 Å². The predicted molar refractivity (Wildman–Crippen MR) is 91.1 cm³/mol. The van der Waals surface area contributed by atoms with Crippen LogP contribution >= 0.6 is 9.24 Å². The molecule has 0 bridgehead atoms. The first-order chi connectivity index (χ1) is 10.7. The highest BCUT2D eigenvalue weighted by Crippen LogP contribution is 2.44. The summed E-state index contributed by atoms with van der Waals surface area (Å²) in [6, 6.07) is 4.46. The Morgan fingerprint density at radius 3 is 1.95 bits per heavy atom. The molecule has 0 aliphatic heterocycles. The summed E-state index contributed by atoms with van der Waals surface area (Å²) in [5.74, 6) is 1.71. The lowest BCUT2D eigenvalue weighted by molar-refractivity contribution is 0.166. The van der Waals surface area contributed by atoms with Gasteiger partial charge in [-0.3, -0.25) is 0 Å². The number of hydrogen-bond acceptors (Lipinski definition) is 0. The smallest absolute Gasteiger partial charge is 0.159 e. The summed E-state index contributed by atoms with van der Waals surface area (Å²) in [7, 11) is 2.89. The number of hydrogen-bond donors (Lipinski definition) is 0. The SMILES string of the molecule is Fc1ccc(C2CCC(C3CCC(CP)CC3)CC2)cc1F. The standard InChI is InChI=1S/C19H27F2P/c20-18-10-9-17(11-19(18)21)16-7-5-15(6-8-16)14-3-1-13(12-22)2-4-14/h9-11,13-16H,1-8,12,22H2. The van der Waals surface area contributed by atoms with E-state index in [1.165, 1.54) is 56.8 Å². The Bertz CT molecular complexity index is 486. The third kappa shape index (κ3) is 3.70. The molecular weight excluding hydrogens is 297 g/mol. The minimum atomic E-state index is -0.733. The molecule has 0 amide bonds. The lowest BCUT2D eigenvalue weighted by Crippen LogP contribution is -2.25. The van der Waals surface area contributed by atoms with Gasteiger partial charge in [0.25, 0.3) is 0 Å². The summed E-state index contributed by atoms with van der Waals surface area (Å²) in [6.45, 7) is 0. The maximum atomic E-state index is 13.4. The van der Waals surface area contributed by atoms with Crippen LogP contribution in [-0.2, 0) is 0 Å². The summed E-state index contributed by atoms with van der Waals surface area (Å²) >= 11 is 0. The summed E-state index contributed by atoms with van der Waals surface area (Å²) in [5, 5.41) is 0. The average molecular weight is 324 g/mol. The number of halogens is 2. The second-order valence-electron chi connectivity index (χ2n) is 7.30. The molecule has 2 aliphatic carbocycles. The lowest BCUT2D eigenvalue weighted by Gasteiger charge is -2.37. The molecule has 122 valence electrons. The molecule has 0 nitrogen and oxygen atoms in total. The molecular formula is C19H27F2P. The molecule has 1 aromatic rings. The van der Waals surface area contributed by atoms with Crippen LogP contribution in [0.15, 0.2) is 18.2 Å². The van der Waals surface area contributed by atoms with Crippen LogP contribution in [0, 0.1) is 29.4 Å². The molecule has 22 heavy (non-hydrogen) atoms. The molecule has 1 aromatic carbocycles.